The van der Waals surface area contributed by atoms with E-state index in [-0.39, 0.29) is 0 Å². The Hall–Kier alpha value is -1.88. The summed E-state index contributed by atoms with van der Waals surface area (Å²) in [5.41, 5.74) is 11.2. The van der Waals surface area contributed by atoms with E-state index in [1.165, 1.54) is 0 Å². The summed E-state index contributed by atoms with van der Waals surface area (Å²) in [5.74, 6) is -1.34. The summed E-state index contributed by atoms with van der Waals surface area (Å²) in [6, 6.07) is 8.36. The predicted octanol–water partition coefficient (Wildman–Crippen LogP) is 0.263. The average molecular weight is 210 g/mol. The number of benzene rings is 1. The minimum absolute atomic E-state index is 0.504. The summed E-state index contributed by atoms with van der Waals surface area (Å²) in [6.45, 7) is 1.08. The summed E-state index contributed by atoms with van der Waals surface area (Å²) in [6.07, 6.45) is 0. The Morgan fingerprint density at radius 1 is 1.27 bits per heavy atom. The third-order valence-corrected chi connectivity index (χ3v) is 1.47. The fourth-order valence-electron chi connectivity index (χ4n) is 0.825. The third kappa shape index (κ3) is 6.23. The lowest BCUT2D eigenvalue weighted by molar-refractivity contribution is -0.134. The van der Waals surface area contributed by atoms with E-state index in [0.29, 0.717) is 0 Å². The van der Waals surface area contributed by atoms with Crippen LogP contribution in [0.15, 0.2) is 30.3 Å². The molecule has 5 nitrogen and oxygen atoms in total. The zero-order chi connectivity index (χ0) is 11.8. The molecule has 1 rings (SSSR count). The van der Waals surface area contributed by atoms with Gasteiger partial charge in [-0.2, -0.15) is 0 Å². The van der Waals surface area contributed by atoms with Crippen LogP contribution in [-0.2, 0) is 9.59 Å². The highest BCUT2D eigenvalue weighted by Crippen LogP contribution is 2.07. The first-order valence-electron chi connectivity index (χ1n) is 4.24. The Morgan fingerprint density at radius 2 is 1.67 bits per heavy atom. The summed E-state index contributed by atoms with van der Waals surface area (Å²) < 4.78 is 0. The van der Waals surface area contributed by atoms with Crippen molar-refractivity contribution in [1.29, 1.82) is 0 Å². The maximum atomic E-state index is 10.6. The molecule has 0 aliphatic carbocycles. The van der Waals surface area contributed by atoms with Crippen LogP contribution in [0.25, 0.3) is 0 Å². The molecule has 1 aromatic rings. The first-order chi connectivity index (χ1) is 6.95. The molecule has 82 valence electrons. The molecule has 0 aliphatic rings. The Morgan fingerprint density at radius 3 is 2.00 bits per heavy atom. The fraction of sp³-hybridized carbons (Fsp3) is 0.200. The second-order valence-corrected chi connectivity index (χ2v) is 2.81. The Balaban J connectivity index is 0.000000423. The van der Waals surface area contributed by atoms with Crippen LogP contribution in [0, 0.1) is 0 Å². The number of hydrogen-bond donors (Lipinski definition) is 3. The smallest absolute Gasteiger partial charge is 0.300 e. The van der Waals surface area contributed by atoms with E-state index in [0.717, 1.165) is 12.5 Å². The van der Waals surface area contributed by atoms with Gasteiger partial charge < -0.3 is 16.6 Å². The van der Waals surface area contributed by atoms with Crippen LogP contribution in [0.4, 0.5) is 0 Å². The van der Waals surface area contributed by atoms with Gasteiger partial charge in [0.25, 0.3) is 5.97 Å². The van der Waals surface area contributed by atoms with Crippen LogP contribution in [0.5, 0.6) is 0 Å². The van der Waals surface area contributed by atoms with Gasteiger partial charge in [0, 0.05) is 6.92 Å². The largest absolute Gasteiger partial charge is 0.481 e. The van der Waals surface area contributed by atoms with E-state index in [9.17, 15) is 4.79 Å². The predicted molar refractivity (Wildman–Crippen MR) is 55.9 cm³/mol. The molecule has 0 saturated heterocycles. The molecule has 0 radical (unpaired) electrons. The normalized spacial score (nSPS) is 10.8. The van der Waals surface area contributed by atoms with Crippen LogP contribution in [-0.4, -0.2) is 17.0 Å². The summed E-state index contributed by atoms with van der Waals surface area (Å²) >= 11 is 0. The van der Waals surface area contributed by atoms with Crippen molar-refractivity contribution < 1.29 is 14.7 Å². The molecule has 0 heterocycles. The van der Waals surface area contributed by atoms with Gasteiger partial charge in [-0.3, -0.25) is 9.59 Å². The molecule has 5 heteroatoms. The van der Waals surface area contributed by atoms with Crippen molar-refractivity contribution >= 4 is 11.9 Å². The summed E-state index contributed by atoms with van der Waals surface area (Å²) in [7, 11) is 0. The SMILES string of the molecule is CC(=O)O.NC(=O)C(N)c1ccccc1. The van der Waals surface area contributed by atoms with Gasteiger partial charge in [0.05, 0.1) is 0 Å². The first-order valence-corrected chi connectivity index (χ1v) is 4.24. The number of carboxylic acids is 1. The van der Waals surface area contributed by atoms with Crippen LogP contribution in [0.3, 0.4) is 0 Å². The highest BCUT2D eigenvalue weighted by atomic mass is 16.4. The quantitative estimate of drug-likeness (QED) is 0.650. The van der Waals surface area contributed by atoms with Gasteiger partial charge in [-0.05, 0) is 5.56 Å². The van der Waals surface area contributed by atoms with Crippen molar-refractivity contribution in [1.82, 2.24) is 0 Å². The Labute approximate surface area is 87.7 Å². The van der Waals surface area contributed by atoms with Crippen molar-refractivity contribution in [2.45, 2.75) is 13.0 Å². The zero-order valence-corrected chi connectivity index (χ0v) is 8.38. The molecule has 0 bridgehead atoms. The molecular weight excluding hydrogens is 196 g/mol. The summed E-state index contributed by atoms with van der Waals surface area (Å²) in [5, 5.41) is 7.42. The van der Waals surface area contributed by atoms with E-state index in [2.05, 4.69) is 0 Å². The number of carbonyl (C=O) groups excluding carboxylic acids is 1. The van der Waals surface area contributed by atoms with Gasteiger partial charge in [-0.1, -0.05) is 30.3 Å². The van der Waals surface area contributed by atoms with Crippen LogP contribution in [0.2, 0.25) is 0 Å². The number of carboxylic acid groups (broad SMARTS) is 1. The second-order valence-electron chi connectivity index (χ2n) is 2.81. The van der Waals surface area contributed by atoms with E-state index in [1.54, 1.807) is 12.1 Å². The molecule has 0 saturated carbocycles. The molecular formula is C10H14N2O3. The number of amides is 1. The minimum atomic E-state index is -0.833. The minimum Gasteiger partial charge on any atom is -0.481 e. The maximum Gasteiger partial charge on any atom is 0.300 e. The van der Waals surface area contributed by atoms with E-state index >= 15 is 0 Å². The van der Waals surface area contributed by atoms with Gasteiger partial charge in [-0.15, -0.1) is 0 Å². The lowest BCUT2D eigenvalue weighted by atomic mass is 10.1. The number of rotatable bonds is 2. The average Bonchev–Trinajstić information content (AvgIpc) is 2.17. The number of primary amides is 1. The number of aliphatic carboxylic acids is 1. The highest BCUT2D eigenvalue weighted by molar-refractivity contribution is 5.81. The van der Waals surface area contributed by atoms with E-state index < -0.39 is 17.9 Å². The monoisotopic (exact) mass is 210 g/mol. The van der Waals surface area contributed by atoms with Crippen molar-refractivity contribution in [2.24, 2.45) is 11.5 Å². The van der Waals surface area contributed by atoms with Crippen molar-refractivity contribution in [3.63, 3.8) is 0 Å². The second kappa shape index (κ2) is 6.56. The van der Waals surface area contributed by atoms with Crippen molar-refractivity contribution in [3.05, 3.63) is 35.9 Å². The van der Waals surface area contributed by atoms with Gasteiger partial charge in [0.2, 0.25) is 5.91 Å². The molecule has 0 fully saturated rings. The van der Waals surface area contributed by atoms with Crippen LogP contribution in [0.1, 0.15) is 18.5 Å². The lowest BCUT2D eigenvalue weighted by Gasteiger charge is -2.05. The lowest BCUT2D eigenvalue weighted by Crippen LogP contribution is -2.27. The van der Waals surface area contributed by atoms with E-state index in [1.807, 2.05) is 18.2 Å². The van der Waals surface area contributed by atoms with Gasteiger partial charge in [0.15, 0.2) is 0 Å². The Kier molecular flexibility index (Phi) is 5.73. The zero-order valence-electron chi connectivity index (χ0n) is 8.38. The number of hydrogen-bond acceptors (Lipinski definition) is 3. The molecule has 1 aromatic carbocycles. The molecule has 1 atom stereocenters. The van der Waals surface area contributed by atoms with E-state index in [4.69, 9.17) is 21.4 Å². The van der Waals surface area contributed by atoms with Gasteiger partial charge in [-0.25, -0.2) is 0 Å². The standard InChI is InChI=1S/C8H10N2O.C2H4O2/c9-7(8(10)11)6-4-2-1-3-5-6;1-2(3)4/h1-5,7H,9H2,(H2,10,11);1H3,(H,3,4). The molecule has 0 aliphatic heterocycles. The van der Waals surface area contributed by atoms with Gasteiger partial charge in [0.1, 0.15) is 6.04 Å². The fourth-order valence-corrected chi connectivity index (χ4v) is 0.825. The molecule has 5 N–H and O–H groups in total. The first kappa shape index (κ1) is 13.1. The van der Waals surface area contributed by atoms with Crippen LogP contribution < -0.4 is 11.5 Å². The molecule has 1 unspecified atom stereocenters. The van der Waals surface area contributed by atoms with Crippen LogP contribution >= 0.6 is 0 Å². The third-order valence-electron chi connectivity index (χ3n) is 1.47. The van der Waals surface area contributed by atoms with Crippen molar-refractivity contribution in [2.75, 3.05) is 0 Å². The topological polar surface area (TPSA) is 106 Å². The van der Waals surface area contributed by atoms with Gasteiger partial charge >= 0.3 is 0 Å². The molecule has 15 heavy (non-hydrogen) atoms. The number of nitrogens with two attached hydrogens (primary N) is 2. The number of carbonyl (C=O) groups is 2. The summed E-state index contributed by atoms with van der Waals surface area (Å²) in [4.78, 5) is 19.6. The Bertz CT molecular complexity index is 321. The van der Waals surface area contributed by atoms with Crippen molar-refractivity contribution in [3.8, 4) is 0 Å². The molecule has 0 spiro atoms. The molecule has 1 amide bonds. The maximum absolute atomic E-state index is 10.6. The molecule has 0 aromatic heterocycles. The highest BCUT2D eigenvalue weighted by Gasteiger charge is 2.09.